The summed E-state index contributed by atoms with van der Waals surface area (Å²) in [7, 11) is 0. The molecule has 0 saturated heterocycles. The van der Waals surface area contributed by atoms with Crippen molar-refractivity contribution in [2.24, 2.45) is 0 Å². The van der Waals surface area contributed by atoms with E-state index in [2.05, 4.69) is 4.74 Å². The first kappa shape index (κ1) is 10.8. The second-order valence-electron chi connectivity index (χ2n) is 2.30. The van der Waals surface area contributed by atoms with Crippen LogP contribution >= 0.6 is 23.2 Å². The molecule has 0 spiro atoms. The summed E-state index contributed by atoms with van der Waals surface area (Å²) < 4.78 is 4.43. The molecule has 1 rings (SSSR count). The van der Waals surface area contributed by atoms with E-state index < -0.39 is 11.9 Å². The number of aliphatic carboxylic acids is 1. The normalized spacial score (nSPS) is 9.57. The minimum atomic E-state index is -1.68. The molecule has 0 amide bonds. The van der Waals surface area contributed by atoms with Gasteiger partial charge in [-0.1, -0.05) is 23.2 Å². The predicted octanol–water partition coefficient (Wildman–Crippen LogP) is 1.98. The van der Waals surface area contributed by atoms with Gasteiger partial charge in [0.25, 0.3) is 0 Å². The van der Waals surface area contributed by atoms with Gasteiger partial charge in [-0.3, -0.25) is 0 Å². The number of carbonyl (C=O) groups is 2. The minimum absolute atomic E-state index is 0.00472. The Morgan fingerprint density at radius 2 is 1.64 bits per heavy atom. The fourth-order valence-electron chi connectivity index (χ4n) is 0.738. The first-order valence-corrected chi connectivity index (χ1v) is 4.16. The molecule has 0 unspecified atom stereocenters. The van der Waals surface area contributed by atoms with E-state index in [9.17, 15) is 9.59 Å². The Labute approximate surface area is 89.0 Å². The monoisotopic (exact) mass is 234 g/mol. The molecular formula is C8H4Cl2O4. The Hall–Kier alpha value is -1.26. The summed E-state index contributed by atoms with van der Waals surface area (Å²) >= 11 is 11.2. The number of carboxylic acid groups (broad SMARTS) is 1. The lowest BCUT2D eigenvalue weighted by molar-refractivity contribution is -0.158. The molecular weight excluding hydrogens is 231 g/mol. The van der Waals surface area contributed by atoms with Crippen LogP contribution in [0.1, 0.15) is 0 Å². The standard InChI is InChI=1S/C8H4Cl2O4/c9-4-1-5(10)3-6(2-4)14-8(13)7(11)12/h1-3H,(H,11,12). The van der Waals surface area contributed by atoms with E-state index in [1.807, 2.05) is 0 Å². The van der Waals surface area contributed by atoms with E-state index in [4.69, 9.17) is 28.3 Å². The number of carboxylic acids is 1. The van der Waals surface area contributed by atoms with Crippen LogP contribution < -0.4 is 4.74 Å². The first-order valence-electron chi connectivity index (χ1n) is 3.40. The van der Waals surface area contributed by atoms with Gasteiger partial charge in [0, 0.05) is 10.0 Å². The molecule has 0 fully saturated rings. The molecule has 0 aliphatic rings. The van der Waals surface area contributed by atoms with Crippen molar-refractivity contribution in [1.82, 2.24) is 0 Å². The molecule has 1 aromatic rings. The highest BCUT2D eigenvalue weighted by atomic mass is 35.5. The van der Waals surface area contributed by atoms with Crippen molar-refractivity contribution in [3.63, 3.8) is 0 Å². The van der Waals surface area contributed by atoms with E-state index in [-0.39, 0.29) is 15.8 Å². The fourth-order valence-corrected chi connectivity index (χ4v) is 1.24. The zero-order valence-electron chi connectivity index (χ0n) is 6.66. The Morgan fingerprint density at radius 3 is 2.07 bits per heavy atom. The Kier molecular flexibility index (Phi) is 3.33. The van der Waals surface area contributed by atoms with Gasteiger partial charge in [-0.2, -0.15) is 0 Å². The number of carbonyl (C=O) groups excluding carboxylic acids is 1. The van der Waals surface area contributed by atoms with Gasteiger partial charge in [-0.05, 0) is 18.2 Å². The van der Waals surface area contributed by atoms with Crippen molar-refractivity contribution in [2.45, 2.75) is 0 Å². The summed E-state index contributed by atoms with van der Waals surface area (Å²) in [6.45, 7) is 0. The molecule has 0 aliphatic heterocycles. The smallest absolute Gasteiger partial charge is 0.422 e. The zero-order valence-corrected chi connectivity index (χ0v) is 8.17. The number of ether oxygens (including phenoxy) is 1. The lowest BCUT2D eigenvalue weighted by Crippen LogP contribution is -2.19. The van der Waals surface area contributed by atoms with Crippen LogP contribution in [0.5, 0.6) is 5.75 Å². The van der Waals surface area contributed by atoms with Crippen molar-refractivity contribution in [3.05, 3.63) is 28.2 Å². The van der Waals surface area contributed by atoms with E-state index in [0.29, 0.717) is 0 Å². The van der Waals surface area contributed by atoms with Crippen LogP contribution in [0.25, 0.3) is 0 Å². The Balaban J connectivity index is 2.87. The van der Waals surface area contributed by atoms with Gasteiger partial charge in [0.05, 0.1) is 0 Å². The average molecular weight is 235 g/mol. The van der Waals surface area contributed by atoms with Crippen LogP contribution in [0.2, 0.25) is 10.0 Å². The molecule has 0 heterocycles. The van der Waals surface area contributed by atoms with Crippen molar-refractivity contribution in [1.29, 1.82) is 0 Å². The number of hydrogen-bond acceptors (Lipinski definition) is 3. The highest BCUT2D eigenvalue weighted by Crippen LogP contribution is 2.24. The molecule has 74 valence electrons. The fraction of sp³-hybridized carbons (Fsp3) is 0. The van der Waals surface area contributed by atoms with Gasteiger partial charge in [-0.15, -0.1) is 0 Å². The van der Waals surface area contributed by atoms with Crippen LogP contribution in [-0.2, 0) is 9.59 Å². The molecule has 0 atom stereocenters. The van der Waals surface area contributed by atoms with Gasteiger partial charge >= 0.3 is 11.9 Å². The molecule has 0 saturated carbocycles. The summed E-state index contributed by atoms with van der Waals surface area (Å²) in [5.41, 5.74) is 0. The largest absolute Gasteiger partial charge is 0.473 e. The molecule has 4 nitrogen and oxygen atoms in total. The quantitative estimate of drug-likeness (QED) is 0.459. The molecule has 6 heteroatoms. The predicted molar refractivity (Wildman–Crippen MR) is 49.7 cm³/mol. The topological polar surface area (TPSA) is 63.6 Å². The average Bonchev–Trinajstić information content (AvgIpc) is 2.01. The van der Waals surface area contributed by atoms with Crippen molar-refractivity contribution in [2.75, 3.05) is 0 Å². The second-order valence-corrected chi connectivity index (χ2v) is 3.17. The molecule has 0 aliphatic carbocycles. The summed E-state index contributed by atoms with van der Waals surface area (Å²) in [4.78, 5) is 20.8. The van der Waals surface area contributed by atoms with Crippen LogP contribution in [0.15, 0.2) is 18.2 Å². The van der Waals surface area contributed by atoms with Gasteiger partial charge in [-0.25, -0.2) is 9.59 Å². The number of benzene rings is 1. The number of rotatable bonds is 1. The third-order valence-electron chi connectivity index (χ3n) is 1.22. The molecule has 0 radical (unpaired) electrons. The number of halogens is 2. The summed E-state index contributed by atoms with van der Waals surface area (Å²) in [5, 5.41) is 8.75. The third kappa shape index (κ3) is 2.90. The third-order valence-corrected chi connectivity index (χ3v) is 1.66. The molecule has 1 N–H and O–H groups in total. The maximum absolute atomic E-state index is 10.6. The molecule has 1 aromatic carbocycles. The Morgan fingerprint density at radius 1 is 1.14 bits per heavy atom. The van der Waals surface area contributed by atoms with Gasteiger partial charge in [0.2, 0.25) is 0 Å². The van der Waals surface area contributed by atoms with Gasteiger partial charge in [0.1, 0.15) is 5.75 Å². The highest BCUT2D eigenvalue weighted by Gasteiger charge is 2.14. The van der Waals surface area contributed by atoms with Crippen molar-refractivity contribution < 1.29 is 19.4 Å². The van der Waals surface area contributed by atoms with Crippen molar-refractivity contribution in [3.8, 4) is 5.75 Å². The maximum atomic E-state index is 10.6. The van der Waals surface area contributed by atoms with Crippen molar-refractivity contribution >= 4 is 35.1 Å². The highest BCUT2D eigenvalue weighted by molar-refractivity contribution is 6.35. The zero-order chi connectivity index (χ0) is 10.7. The lowest BCUT2D eigenvalue weighted by atomic mass is 10.3. The summed E-state index contributed by atoms with van der Waals surface area (Å²) in [5.74, 6) is -3.07. The second kappa shape index (κ2) is 4.30. The van der Waals surface area contributed by atoms with E-state index in [1.54, 1.807) is 0 Å². The van der Waals surface area contributed by atoms with E-state index in [1.165, 1.54) is 18.2 Å². The number of hydrogen-bond donors (Lipinski definition) is 1. The molecule has 14 heavy (non-hydrogen) atoms. The lowest BCUT2D eigenvalue weighted by Gasteiger charge is -2.01. The van der Waals surface area contributed by atoms with Gasteiger partial charge in [0.15, 0.2) is 0 Å². The molecule has 0 bridgehead atoms. The number of esters is 1. The molecule has 0 aromatic heterocycles. The summed E-state index contributed by atoms with van der Waals surface area (Å²) in [6.07, 6.45) is 0. The van der Waals surface area contributed by atoms with Crippen LogP contribution in [0, 0.1) is 0 Å². The minimum Gasteiger partial charge on any atom is -0.473 e. The van der Waals surface area contributed by atoms with Gasteiger partial charge < -0.3 is 9.84 Å². The van der Waals surface area contributed by atoms with Crippen LogP contribution in [-0.4, -0.2) is 17.0 Å². The summed E-state index contributed by atoms with van der Waals surface area (Å²) in [6, 6.07) is 4.00. The first-order chi connectivity index (χ1) is 6.49. The Bertz CT molecular complexity index is 369. The van der Waals surface area contributed by atoms with E-state index >= 15 is 0 Å². The van der Waals surface area contributed by atoms with E-state index in [0.717, 1.165) is 0 Å². The SMILES string of the molecule is O=C(O)C(=O)Oc1cc(Cl)cc(Cl)c1. The maximum Gasteiger partial charge on any atom is 0.422 e. The van der Waals surface area contributed by atoms with Crippen LogP contribution in [0.4, 0.5) is 0 Å². The van der Waals surface area contributed by atoms with Crippen LogP contribution in [0.3, 0.4) is 0 Å².